The van der Waals surface area contributed by atoms with Crippen molar-refractivity contribution in [3.05, 3.63) is 23.8 Å². The molecule has 0 aliphatic heterocycles. The predicted octanol–water partition coefficient (Wildman–Crippen LogP) is 2.07. The van der Waals surface area contributed by atoms with Crippen molar-refractivity contribution in [1.29, 1.82) is 0 Å². The maximum absolute atomic E-state index is 11.2. The molecular formula is C13H20N2O2. The van der Waals surface area contributed by atoms with Crippen LogP contribution in [0.5, 0.6) is 5.75 Å². The fourth-order valence-corrected chi connectivity index (χ4v) is 1.40. The van der Waals surface area contributed by atoms with E-state index in [4.69, 9.17) is 10.5 Å². The first-order valence-electron chi connectivity index (χ1n) is 5.90. The summed E-state index contributed by atoms with van der Waals surface area (Å²) in [5.41, 5.74) is 7.00. The lowest BCUT2D eigenvalue weighted by Crippen LogP contribution is -2.22. The third kappa shape index (κ3) is 4.44. The summed E-state index contributed by atoms with van der Waals surface area (Å²) in [4.78, 5) is 11.2. The minimum absolute atomic E-state index is 0.00576. The zero-order valence-electron chi connectivity index (χ0n) is 10.5. The maximum atomic E-state index is 11.2. The highest BCUT2D eigenvalue weighted by molar-refractivity contribution is 5.92. The number of hydrogen-bond acceptors (Lipinski definition) is 3. The van der Waals surface area contributed by atoms with Gasteiger partial charge in [-0.1, -0.05) is 13.3 Å². The van der Waals surface area contributed by atoms with E-state index in [2.05, 4.69) is 12.2 Å². The zero-order valence-corrected chi connectivity index (χ0v) is 10.5. The first-order valence-corrected chi connectivity index (χ1v) is 5.90. The molecule has 0 bridgehead atoms. The fraction of sp³-hybridized carbons (Fsp3) is 0.462. The molecule has 4 nitrogen and oxygen atoms in total. The molecular weight excluding hydrogens is 216 g/mol. The first-order chi connectivity index (χ1) is 8.17. The molecule has 0 radical (unpaired) electrons. The molecule has 1 aromatic rings. The second-order valence-corrected chi connectivity index (χ2v) is 3.93. The Morgan fingerprint density at radius 3 is 2.82 bits per heavy atom. The molecule has 0 fully saturated rings. The summed E-state index contributed by atoms with van der Waals surface area (Å²) in [5.74, 6) is 0.648. The number of ether oxygens (including phenoxy) is 1. The normalized spacial score (nSPS) is 10.1. The van der Waals surface area contributed by atoms with Gasteiger partial charge in [0.15, 0.2) is 0 Å². The van der Waals surface area contributed by atoms with E-state index in [0.29, 0.717) is 0 Å². The molecule has 17 heavy (non-hydrogen) atoms. The van der Waals surface area contributed by atoms with E-state index in [-0.39, 0.29) is 12.5 Å². The summed E-state index contributed by atoms with van der Waals surface area (Å²) >= 11 is 0. The summed E-state index contributed by atoms with van der Waals surface area (Å²) in [6.45, 7) is 4.78. The molecule has 94 valence electrons. The standard InChI is InChI=1S/C13H20N2O2/c1-3-4-7-17-11-5-6-12(10(2)8-11)15-13(16)9-14/h5-6,8H,3-4,7,9,14H2,1-2H3,(H,15,16). The van der Waals surface area contributed by atoms with Crippen LogP contribution in [0, 0.1) is 6.92 Å². The molecule has 0 aliphatic rings. The van der Waals surface area contributed by atoms with Crippen molar-refractivity contribution in [3.63, 3.8) is 0 Å². The van der Waals surface area contributed by atoms with Gasteiger partial charge in [-0.25, -0.2) is 0 Å². The topological polar surface area (TPSA) is 64.3 Å². The van der Waals surface area contributed by atoms with Gasteiger partial charge in [-0.15, -0.1) is 0 Å². The van der Waals surface area contributed by atoms with Gasteiger partial charge in [-0.2, -0.15) is 0 Å². The number of carbonyl (C=O) groups is 1. The van der Waals surface area contributed by atoms with Crippen LogP contribution in [-0.2, 0) is 4.79 Å². The van der Waals surface area contributed by atoms with Crippen molar-refractivity contribution in [2.45, 2.75) is 26.7 Å². The number of nitrogens with two attached hydrogens (primary N) is 1. The Bertz CT molecular complexity index is 378. The van der Waals surface area contributed by atoms with Crippen LogP contribution in [0.25, 0.3) is 0 Å². The number of hydrogen-bond donors (Lipinski definition) is 2. The molecule has 0 unspecified atom stereocenters. The number of nitrogens with one attached hydrogen (secondary N) is 1. The zero-order chi connectivity index (χ0) is 12.7. The Labute approximate surface area is 102 Å². The van der Waals surface area contributed by atoms with E-state index < -0.39 is 0 Å². The largest absolute Gasteiger partial charge is 0.494 e. The molecule has 0 atom stereocenters. The van der Waals surface area contributed by atoms with E-state index in [1.54, 1.807) is 0 Å². The molecule has 4 heteroatoms. The minimum atomic E-state index is -0.187. The van der Waals surface area contributed by atoms with E-state index in [0.717, 1.165) is 36.4 Å². The minimum Gasteiger partial charge on any atom is -0.494 e. The van der Waals surface area contributed by atoms with Crippen molar-refractivity contribution in [3.8, 4) is 5.75 Å². The van der Waals surface area contributed by atoms with Crippen LogP contribution in [-0.4, -0.2) is 19.1 Å². The van der Waals surface area contributed by atoms with Crippen LogP contribution in [0.1, 0.15) is 25.3 Å². The van der Waals surface area contributed by atoms with Gasteiger partial charge >= 0.3 is 0 Å². The van der Waals surface area contributed by atoms with Gasteiger partial charge in [0.05, 0.1) is 13.2 Å². The van der Waals surface area contributed by atoms with Crippen molar-refractivity contribution >= 4 is 11.6 Å². The van der Waals surface area contributed by atoms with Crippen molar-refractivity contribution in [2.75, 3.05) is 18.5 Å². The van der Waals surface area contributed by atoms with Crippen molar-refractivity contribution < 1.29 is 9.53 Å². The lowest BCUT2D eigenvalue weighted by molar-refractivity contribution is -0.114. The molecule has 1 amide bonds. The van der Waals surface area contributed by atoms with Gasteiger partial charge in [0.1, 0.15) is 5.75 Å². The Morgan fingerprint density at radius 1 is 1.47 bits per heavy atom. The highest BCUT2D eigenvalue weighted by Crippen LogP contribution is 2.21. The smallest absolute Gasteiger partial charge is 0.238 e. The molecule has 3 N–H and O–H groups in total. The monoisotopic (exact) mass is 236 g/mol. The highest BCUT2D eigenvalue weighted by atomic mass is 16.5. The second kappa shape index (κ2) is 6.91. The average Bonchev–Trinajstić information content (AvgIpc) is 2.32. The quantitative estimate of drug-likeness (QED) is 0.743. The number of aryl methyl sites for hydroxylation is 1. The lowest BCUT2D eigenvalue weighted by atomic mass is 10.2. The van der Waals surface area contributed by atoms with Crippen LogP contribution in [0.4, 0.5) is 5.69 Å². The van der Waals surface area contributed by atoms with Gasteiger partial charge in [-0.05, 0) is 37.1 Å². The molecule has 1 aromatic carbocycles. The Kier molecular flexibility index (Phi) is 5.49. The maximum Gasteiger partial charge on any atom is 0.238 e. The van der Waals surface area contributed by atoms with Crippen LogP contribution in [0.3, 0.4) is 0 Å². The Morgan fingerprint density at radius 2 is 2.24 bits per heavy atom. The molecule has 0 heterocycles. The van der Waals surface area contributed by atoms with E-state index >= 15 is 0 Å². The van der Waals surface area contributed by atoms with Gasteiger partial charge in [-0.3, -0.25) is 4.79 Å². The number of benzene rings is 1. The summed E-state index contributed by atoms with van der Waals surface area (Å²) in [6.07, 6.45) is 2.16. The average molecular weight is 236 g/mol. The Hall–Kier alpha value is -1.55. The molecule has 0 saturated heterocycles. The third-order valence-electron chi connectivity index (χ3n) is 2.42. The lowest BCUT2D eigenvalue weighted by Gasteiger charge is -2.10. The van der Waals surface area contributed by atoms with Crippen LogP contribution in [0.15, 0.2) is 18.2 Å². The number of carbonyl (C=O) groups excluding carboxylic acids is 1. The molecule has 0 aliphatic carbocycles. The predicted molar refractivity (Wildman–Crippen MR) is 69.3 cm³/mol. The second-order valence-electron chi connectivity index (χ2n) is 3.93. The SMILES string of the molecule is CCCCOc1ccc(NC(=O)CN)c(C)c1. The molecule has 0 aromatic heterocycles. The number of unbranched alkanes of at least 4 members (excludes halogenated alkanes) is 1. The number of anilines is 1. The van der Waals surface area contributed by atoms with E-state index in [9.17, 15) is 4.79 Å². The third-order valence-corrected chi connectivity index (χ3v) is 2.42. The van der Waals surface area contributed by atoms with Gasteiger partial charge in [0, 0.05) is 5.69 Å². The number of rotatable bonds is 6. The van der Waals surface area contributed by atoms with Gasteiger partial charge in [0.2, 0.25) is 5.91 Å². The molecule has 0 saturated carbocycles. The molecule has 0 spiro atoms. The summed E-state index contributed by atoms with van der Waals surface area (Å²) < 4.78 is 5.58. The van der Waals surface area contributed by atoms with E-state index in [1.165, 1.54) is 0 Å². The van der Waals surface area contributed by atoms with Crippen LogP contribution >= 0.6 is 0 Å². The summed E-state index contributed by atoms with van der Waals surface area (Å²) in [5, 5.41) is 2.73. The summed E-state index contributed by atoms with van der Waals surface area (Å²) in [6, 6.07) is 5.61. The van der Waals surface area contributed by atoms with Crippen LogP contribution < -0.4 is 15.8 Å². The van der Waals surface area contributed by atoms with Crippen molar-refractivity contribution in [2.24, 2.45) is 5.73 Å². The van der Waals surface area contributed by atoms with Gasteiger partial charge in [0.25, 0.3) is 0 Å². The highest BCUT2D eigenvalue weighted by Gasteiger charge is 2.04. The molecule has 1 rings (SSSR count). The fourth-order valence-electron chi connectivity index (χ4n) is 1.40. The van der Waals surface area contributed by atoms with Crippen LogP contribution in [0.2, 0.25) is 0 Å². The number of amides is 1. The van der Waals surface area contributed by atoms with Crippen molar-refractivity contribution in [1.82, 2.24) is 0 Å². The summed E-state index contributed by atoms with van der Waals surface area (Å²) in [7, 11) is 0. The first kappa shape index (κ1) is 13.5. The van der Waals surface area contributed by atoms with Gasteiger partial charge < -0.3 is 15.8 Å². The van der Waals surface area contributed by atoms with E-state index in [1.807, 2.05) is 25.1 Å². The Balaban J connectivity index is 2.62.